The van der Waals surface area contributed by atoms with Crippen LogP contribution in [-0.2, 0) is 12.8 Å². The zero-order valence-corrected chi connectivity index (χ0v) is 18.1. The number of nitrogens with two attached hydrogens (primary N) is 1. The number of thioether (sulfide) groups is 1. The molecule has 6 nitrogen and oxygen atoms in total. The Balaban J connectivity index is 1.63. The Morgan fingerprint density at radius 1 is 1.04 bits per heavy atom. The highest BCUT2D eigenvalue weighted by molar-refractivity contribution is 7.98. The lowest BCUT2D eigenvalue weighted by atomic mass is 10.0. The molecule has 1 aromatic heterocycles. The van der Waals surface area contributed by atoms with E-state index in [2.05, 4.69) is 21.4 Å². The summed E-state index contributed by atoms with van der Waals surface area (Å²) < 4.78 is 0. The number of rotatable bonds is 6. The van der Waals surface area contributed by atoms with Gasteiger partial charge in [0.25, 0.3) is 0 Å². The van der Waals surface area contributed by atoms with E-state index in [1.54, 1.807) is 0 Å². The molecule has 7 heteroatoms. The van der Waals surface area contributed by atoms with E-state index in [1.165, 1.54) is 49.2 Å². The number of aromatic nitrogens is 2. The van der Waals surface area contributed by atoms with Crippen LogP contribution in [0.2, 0.25) is 0 Å². The van der Waals surface area contributed by atoms with E-state index in [1.807, 2.05) is 11.8 Å². The van der Waals surface area contributed by atoms with Crippen molar-refractivity contribution in [3.05, 3.63) is 11.3 Å². The van der Waals surface area contributed by atoms with Crippen LogP contribution in [0.15, 0.2) is 0 Å². The van der Waals surface area contributed by atoms with E-state index >= 15 is 0 Å². The van der Waals surface area contributed by atoms with E-state index in [-0.39, 0.29) is 12.2 Å². The Hall–Kier alpha value is -1.05. The van der Waals surface area contributed by atoms with Crippen LogP contribution in [0.3, 0.4) is 0 Å². The topological polar surface area (TPSA) is 70.3 Å². The van der Waals surface area contributed by atoms with Crippen LogP contribution in [0, 0.1) is 0 Å². The van der Waals surface area contributed by atoms with Crippen LogP contribution in [0.1, 0.15) is 56.2 Å². The van der Waals surface area contributed by atoms with E-state index < -0.39 is 0 Å². The highest BCUT2D eigenvalue weighted by Crippen LogP contribution is 2.33. The Morgan fingerprint density at radius 2 is 1.86 bits per heavy atom. The maximum atomic E-state index is 6.53. The Bertz CT molecular complexity index is 646. The van der Waals surface area contributed by atoms with Crippen molar-refractivity contribution in [1.82, 2.24) is 15.3 Å². The van der Waals surface area contributed by atoms with Crippen LogP contribution in [0.4, 0.5) is 11.8 Å². The first-order valence-electron chi connectivity index (χ1n) is 11.2. The van der Waals surface area contributed by atoms with Gasteiger partial charge in [-0.1, -0.05) is 12.8 Å². The van der Waals surface area contributed by atoms with Crippen molar-refractivity contribution in [2.45, 2.75) is 70.0 Å². The molecule has 2 aliphatic heterocycles. The summed E-state index contributed by atoms with van der Waals surface area (Å²) in [5.74, 6) is 3.22. The third-order valence-electron chi connectivity index (χ3n) is 6.40. The molecule has 0 spiro atoms. The van der Waals surface area contributed by atoms with Gasteiger partial charge >= 0.3 is 0 Å². The Morgan fingerprint density at radius 3 is 2.64 bits per heavy atom. The maximum Gasteiger partial charge on any atom is 0.228 e. The van der Waals surface area contributed by atoms with E-state index in [0.29, 0.717) is 0 Å². The lowest BCUT2D eigenvalue weighted by molar-refractivity contribution is 0.348. The minimum absolute atomic E-state index is 0.133. The third kappa shape index (κ3) is 4.41. The third-order valence-corrected chi connectivity index (χ3v) is 7.01. The lowest BCUT2D eigenvalue weighted by Gasteiger charge is -2.40. The van der Waals surface area contributed by atoms with E-state index in [0.717, 1.165) is 63.6 Å². The highest BCUT2D eigenvalue weighted by Gasteiger charge is 2.32. The molecule has 1 aromatic rings. The van der Waals surface area contributed by atoms with Crippen LogP contribution in [0.25, 0.3) is 0 Å². The quantitative estimate of drug-likeness (QED) is 0.706. The van der Waals surface area contributed by atoms with Crippen molar-refractivity contribution in [2.24, 2.45) is 5.73 Å². The molecule has 0 saturated carbocycles. The molecule has 2 unspecified atom stereocenters. The normalized spacial score (nSPS) is 25.6. The average molecular weight is 405 g/mol. The fourth-order valence-electron chi connectivity index (χ4n) is 4.89. The summed E-state index contributed by atoms with van der Waals surface area (Å²) >= 11 is 1.87. The van der Waals surface area contributed by atoms with Crippen LogP contribution in [-0.4, -0.2) is 60.4 Å². The predicted molar refractivity (Wildman–Crippen MR) is 119 cm³/mol. The Labute approximate surface area is 174 Å². The van der Waals surface area contributed by atoms with Gasteiger partial charge in [0.1, 0.15) is 5.82 Å². The number of nitrogens with one attached hydrogen (secondary N) is 1. The van der Waals surface area contributed by atoms with Crippen molar-refractivity contribution in [3.63, 3.8) is 0 Å². The number of piperidine rings is 1. The molecule has 28 heavy (non-hydrogen) atoms. The minimum Gasteiger partial charge on any atom is -0.356 e. The standard InChI is InChI=1S/C21H36N6S/c1-28-15-11-23-20-17(22)9-7-14-27(20)21-24-18-10-6-8-16(18)19(25-21)26-12-4-2-3-5-13-26/h17,20,23H,2-15,22H2,1H3. The van der Waals surface area contributed by atoms with Gasteiger partial charge in [-0.3, -0.25) is 5.32 Å². The molecular formula is C21H36N6S. The smallest absolute Gasteiger partial charge is 0.228 e. The second kappa shape index (κ2) is 9.63. The molecule has 2 saturated heterocycles. The molecule has 156 valence electrons. The first-order chi connectivity index (χ1) is 13.8. The van der Waals surface area contributed by atoms with Crippen LogP contribution >= 0.6 is 11.8 Å². The summed E-state index contributed by atoms with van der Waals surface area (Å²) in [5, 5.41) is 3.68. The first kappa shape index (κ1) is 20.2. The molecule has 3 heterocycles. The van der Waals surface area contributed by atoms with Gasteiger partial charge in [0, 0.05) is 43.5 Å². The lowest BCUT2D eigenvalue weighted by Crippen LogP contribution is -2.60. The Kier molecular flexibility index (Phi) is 6.96. The van der Waals surface area contributed by atoms with Gasteiger partial charge in [0.05, 0.1) is 11.9 Å². The second-order valence-electron chi connectivity index (χ2n) is 8.42. The number of anilines is 2. The molecule has 4 rings (SSSR count). The molecule has 2 fully saturated rings. The summed E-state index contributed by atoms with van der Waals surface area (Å²) in [4.78, 5) is 15.1. The van der Waals surface area contributed by atoms with Gasteiger partial charge in [-0.05, 0) is 51.2 Å². The number of fused-ring (bicyclic) bond motifs is 1. The van der Waals surface area contributed by atoms with Gasteiger partial charge in [-0.15, -0.1) is 0 Å². The molecule has 0 radical (unpaired) electrons. The second-order valence-corrected chi connectivity index (χ2v) is 9.40. The SMILES string of the molecule is CSCCNC1C(N)CCCN1c1nc2c(c(N3CCCCCC3)n1)CCC2. The number of aryl methyl sites for hydroxylation is 1. The van der Waals surface area contributed by atoms with Gasteiger partial charge in [-0.2, -0.15) is 16.7 Å². The summed E-state index contributed by atoms with van der Waals surface area (Å²) in [6.07, 6.45) is 13.2. The molecule has 0 amide bonds. The zero-order valence-electron chi connectivity index (χ0n) is 17.3. The maximum absolute atomic E-state index is 6.53. The van der Waals surface area contributed by atoms with Crippen LogP contribution < -0.4 is 20.9 Å². The largest absolute Gasteiger partial charge is 0.356 e. The van der Waals surface area contributed by atoms with Gasteiger partial charge in [-0.25, -0.2) is 4.98 Å². The van der Waals surface area contributed by atoms with E-state index in [4.69, 9.17) is 15.7 Å². The molecule has 1 aliphatic carbocycles. The molecule has 0 aromatic carbocycles. The van der Waals surface area contributed by atoms with Gasteiger partial charge < -0.3 is 15.5 Å². The molecule has 2 atom stereocenters. The number of nitrogens with zero attached hydrogens (tertiary/aromatic N) is 4. The first-order valence-corrected chi connectivity index (χ1v) is 12.6. The summed E-state index contributed by atoms with van der Waals surface area (Å²) in [5.41, 5.74) is 9.23. The van der Waals surface area contributed by atoms with Crippen LogP contribution in [0.5, 0.6) is 0 Å². The van der Waals surface area contributed by atoms with Crippen molar-refractivity contribution in [3.8, 4) is 0 Å². The summed E-state index contributed by atoms with van der Waals surface area (Å²) in [6.45, 7) is 4.23. The highest BCUT2D eigenvalue weighted by atomic mass is 32.2. The van der Waals surface area contributed by atoms with Gasteiger partial charge in [0.2, 0.25) is 5.95 Å². The van der Waals surface area contributed by atoms with Gasteiger partial charge in [0.15, 0.2) is 0 Å². The molecule has 3 aliphatic rings. The molecular weight excluding hydrogens is 368 g/mol. The summed E-state index contributed by atoms with van der Waals surface area (Å²) in [7, 11) is 0. The van der Waals surface area contributed by atoms with Crippen molar-refractivity contribution >= 4 is 23.5 Å². The predicted octanol–water partition coefficient (Wildman–Crippen LogP) is 2.55. The number of hydrogen-bond donors (Lipinski definition) is 2. The average Bonchev–Trinajstić information content (AvgIpc) is 3.02. The van der Waals surface area contributed by atoms with Crippen molar-refractivity contribution in [1.29, 1.82) is 0 Å². The number of hydrogen-bond acceptors (Lipinski definition) is 7. The fourth-order valence-corrected chi connectivity index (χ4v) is 5.21. The minimum atomic E-state index is 0.133. The monoisotopic (exact) mass is 404 g/mol. The fraction of sp³-hybridized carbons (Fsp3) is 0.810. The molecule has 0 bridgehead atoms. The molecule has 3 N–H and O–H groups in total. The van der Waals surface area contributed by atoms with Crippen molar-refractivity contribution in [2.75, 3.05) is 48.0 Å². The van der Waals surface area contributed by atoms with Crippen molar-refractivity contribution < 1.29 is 0 Å². The zero-order chi connectivity index (χ0) is 19.3. The summed E-state index contributed by atoms with van der Waals surface area (Å²) in [6, 6.07) is 0.133. The van der Waals surface area contributed by atoms with E-state index in [9.17, 15) is 0 Å².